The zero-order chi connectivity index (χ0) is 31.9. The second kappa shape index (κ2) is 12.1. The fourth-order valence-electron chi connectivity index (χ4n) is 7.83. The highest BCUT2D eigenvalue weighted by atomic mass is 16.5. The number of amides is 3. The Kier molecular flexibility index (Phi) is 8.30. The molecule has 12 heteroatoms. The molecule has 6 rings (SSSR count). The molecule has 3 amide bonds. The van der Waals surface area contributed by atoms with Gasteiger partial charge in [0.1, 0.15) is 29.6 Å². The van der Waals surface area contributed by atoms with Gasteiger partial charge in [-0.2, -0.15) is 0 Å². The van der Waals surface area contributed by atoms with E-state index in [1.54, 1.807) is 28.9 Å². The molecule has 3 aliphatic heterocycles. The van der Waals surface area contributed by atoms with Crippen LogP contribution in [-0.4, -0.2) is 79.2 Å². The zero-order valence-corrected chi connectivity index (χ0v) is 26.2. The molecule has 3 N–H and O–H groups in total. The van der Waals surface area contributed by atoms with Gasteiger partial charge in [-0.1, -0.05) is 44.5 Å². The van der Waals surface area contributed by atoms with E-state index in [0.29, 0.717) is 49.2 Å². The highest BCUT2D eigenvalue weighted by molar-refractivity contribution is 6.02. The van der Waals surface area contributed by atoms with Crippen molar-refractivity contribution in [3.05, 3.63) is 48.5 Å². The van der Waals surface area contributed by atoms with E-state index in [9.17, 15) is 19.5 Å². The maximum atomic E-state index is 14.6. The van der Waals surface area contributed by atoms with Crippen molar-refractivity contribution in [2.45, 2.75) is 83.3 Å². The maximum absolute atomic E-state index is 14.6. The standard InChI is InChI=1S/C33H42N6O6/c1-5-20(4)25(18-40)39-28(30(42)34-19-38-24-11-9-8-10-23(24)36-37-38)33-17-16-32(6-2,45-33)26(27(33)31(39)43)29(41)35-21-12-14-22(15-13-21)44-7-3/h8-15,20,25-28,40H,5-7,16-19H2,1-4H3,(H,34,42)(H,35,41)/t20-,25-,26+,27-,28?,32-,33?/m0/s1. The van der Waals surface area contributed by atoms with Crippen molar-refractivity contribution in [2.24, 2.45) is 17.8 Å². The molecule has 4 heterocycles. The second-order valence-electron chi connectivity index (χ2n) is 12.4. The number of nitrogens with one attached hydrogen (secondary N) is 2. The molecule has 7 atom stereocenters. The molecular weight excluding hydrogens is 576 g/mol. The third-order valence-electron chi connectivity index (χ3n) is 10.3. The van der Waals surface area contributed by atoms with E-state index in [1.165, 1.54) is 4.90 Å². The monoisotopic (exact) mass is 618 g/mol. The number of nitrogens with zero attached hydrogens (tertiary/aromatic N) is 4. The Morgan fingerprint density at radius 3 is 2.56 bits per heavy atom. The van der Waals surface area contributed by atoms with Gasteiger partial charge in [-0.15, -0.1) is 5.10 Å². The molecule has 2 unspecified atom stereocenters. The Labute approximate surface area is 262 Å². The molecule has 1 aromatic heterocycles. The molecule has 0 aliphatic carbocycles. The summed E-state index contributed by atoms with van der Waals surface area (Å²) in [5.41, 5.74) is -0.0770. The number of anilines is 1. The maximum Gasteiger partial charge on any atom is 0.247 e. The smallest absolute Gasteiger partial charge is 0.247 e. The van der Waals surface area contributed by atoms with Gasteiger partial charge in [0, 0.05) is 5.69 Å². The van der Waals surface area contributed by atoms with E-state index >= 15 is 0 Å². The van der Waals surface area contributed by atoms with Crippen LogP contribution in [-0.2, 0) is 25.8 Å². The summed E-state index contributed by atoms with van der Waals surface area (Å²) >= 11 is 0. The number of carbonyl (C=O) groups is 3. The van der Waals surface area contributed by atoms with Crippen LogP contribution in [0.5, 0.6) is 5.75 Å². The second-order valence-corrected chi connectivity index (χ2v) is 12.4. The van der Waals surface area contributed by atoms with Gasteiger partial charge in [-0.05, 0) is 68.5 Å². The van der Waals surface area contributed by atoms with Crippen molar-refractivity contribution in [3.63, 3.8) is 0 Å². The van der Waals surface area contributed by atoms with Crippen molar-refractivity contribution in [2.75, 3.05) is 18.5 Å². The first kappa shape index (κ1) is 31.0. The SMILES string of the molecule is CCOc1ccc(NC(=O)[C@H]2[C@H]3C(=O)N([C@@H](CO)[C@@H](C)CC)C(C(=O)NCn4nnc5ccccc54)C34CC[C@]2(CC)O4)cc1. The lowest BCUT2D eigenvalue weighted by Crippen LogP contribution is -2.59. The van der Waals surface area contributed by atoms with E-state index < -0.39 is 41.0 Å². The van der Waals surface area contributed by atoms with E-state index in [2.05, 4.69) is 20.9 Å². The Morgan fingerprint density at radius 1 is 1.11 bits per heavy atom. The highest BCUT2D eigenvalue weighted by Crippen LogP contribution is 2.64. The summed E-state index contributed by atoms with van der Waals surface area (Å²) in [7, 11) is 0. The lowest BCUT2D eigenvalue weighted by atomic mass is 9.65. The Hall–Kier alpha value is -4.03. The van der Waals surface area contributed by atoms with Gasteiger partial charge in [-0.3, -0.25) is 14.4 Å². The molecule has 1 spiro atoms. The van der Waals surface area contributed by atoms with E-state index in [4.69, 9.17) is 9.47 Å². The van der Waals surface area contributed by atoms with Crippen molar-refractivity contribution < 1.29 is 29.0 Å². The third kappa shape index (κ3) is 4.94. The van der Waals surface area contributed by atoms with Crippen molar-refractivity contribution >= 4 is 34.4 Å². The average molecular weight is 619 g/mol. The quantitative estimate of drug-likeness (QED) is 0.281. The van der Waals surface area contributed by atoms with Crippen LogP contribution in [0.15, 0.2) is 48.5 Å². The predicted molar refractivity (Wildman–Crippen MR) is 166 cm³/mol. The van der Waals surface area contributed by atoms with Crippen LogP contribution in [0.25, 0.3) is 11.0 Å². The number of fused-ring (bicyclic) bond motifs is 2. The fraction of sp³-hybridized carbons (Fsp3) is 0.545. The first-order valence-electron chi connectivity index (χ1n) is 16.0. The minimum atomic E-state index is -1.22. The fourth-order valence-corrected chi connectivity index (χ4v) is 7.83. The molecule has 2 aromatic carbocycles. The lowest BCUT2D eigenvalue weighted by molar-refractivity contribution is -0.151. The lowest BCUT2D eigenvalue weighted by Gasteiger charge is -2.39. The summed E-state index contributed by atoms with van der Waals surface area (Å²) in [5, 5.41) is 24.9. The largest absolute Gasteiger partial charge is 0.494 e. The minimum Gasteiger partial charge on any atom is -0.494 e. The van der Waals surface area contributed by atoms with Crippen LogP contribution in [0.1, 0.15) is 53.4 Å². The normalized spacial score (nSPS) is 28.2. The van der Waals surface area contributed by atoms with Crippen LogP contribution in [0, 0.1) is 17.8 Å². The zero-order valence-electron chi connectivity index (χ0n) is 26.2. The minimum absolute atomic E-state index is 0.0341. The molecule has 3 aliphatic rings. The van der Waals surface area contributed by atoms with E-state index in [-0.39, 0.29) is 31.0 Å². The van der Waals surface area contributed by atoms with Gasteiger partial charge in [0.2, 0.25) is 17.7 Å². The number of aliphatic hydroxyl groups is 1. The van der Waals surface area contributed by atoms with Crippen LogP contribution in [0.4, 0.5) is 5.69 Å². The molecule has 3 saturated heterocycles. The molecule has 12 nitrogen and oxygen atoms in total. The predicted octanol–water partition coefficient (Wildman–Crippen LogP) is 3.10. The summed E-state index contributed by atoms with van der Waals surface area (Å²) in [6.07, 6.45) is 2.18. The summed E-state index contributed by atoms with van der Waals surface area (Å²) in [4.78, 5) is 44.5. The summed E-state index contributed by atoms with van der Waals surface area (Å²) in [6.45, 7) is 8.05. The number of aliphatic hydroxyl groups excluding tert-OH is 1. The van der Waals surface area contributed by atoms with Crippen molar-refractivity contribution in [1.29, 1.82) is 0 Å². The Morgan fingerprint density at radius 2 is 1.87 bits per heavy atom. The molecule has 3 fully saturated rings. The molecule has 45 heavy (non-hydrogen) atoms. The first-order chi connectivity index (χ1) is 21.7. The molecule has 240 valence electrons. The number of hydrogen-bond donors (Lipinski definition) is 3. The van der Waals surface area contributed by atoms with E-state index in [1.807, 2.05) is 52.0 Å². The molecule has 2 bridgehead atoms. The van der Waals surface area contributed by atoms with Gasteiger partial charge in [0.05, 0.1) is 42.2 Å². The Bertz CT molecular complexity index is 1580. The molecule has 3 aromatic rings. The summed E-state index contributed by atoms with van der Waals surface area (Å²) < 4.78 is 14.0. The van der Waals surface area contributed by atoms with Gasteiger partial charge in [0.25, 0.3) is 0 Å². The van der Waals surface area contributed by atoms with E-state index in [0.717, 1.165) is 5.52 Å². The molecule has 0 radical (unpaired) electrons. The van der Waals surface area contributed by atoms with Crippen LogP contribution >= 0.6 is 0 Å². The number of rotatable bonds is 12. The van der Waals surface area contributed by atoms with Gasteiger partial charge < -0.3 is 30.1 Å². The van der Waals surface area contributed by atoms with Crippen LogP contribution < -0.4 is 15.4 Å². The highest BCUT2D eigenvalue weighted by Gasteiger charge is 2.79. The number of carbonyl (C=O) groups excluding carboxylic acids is 3. The Balaban J connectivity index is 1.34. The summed E-state index contributed by atoms with van der Waals surface area (Å²) in [5.74, 6) is -2.16. The number of likely N-dealkylation sites (tertiary alicyclic amines) is 1. The average Bonchev–Trinajstić information content (AvgIpc) is 3.78. The van der Waals surface area contributed by atoms with Crippen LogP contribution in [0.3, 0.4) is 0 Å². The van der Waals surface area contributed by atoms with Crippen LogP contribution in [0.2, 0.25) is 0 Å². The van der Waals surface area contributed by atoms with Gasteiger partial charge in [0.15, 0.2) is 0 Å². The third-order valence-corrected chi connectivity index (χ3v) is 10.3. The van der Waals surface area contributed by atoms with Gasteiger partial charge >= 0.3 is 0 Å². The summed E-state index contributed by atoms with van der Waals surface area (Å²) in [6, 6.07) is 12.9. The first-order valence-corrected chi connectivity index (χ1v) is 16.0. The molecule has 0 saturated carbocycles. The molecular formula is C33H42N6O6. The van der Waals surface area contributed by atoms with Crippen molar-refractivity contribution in [1.82, 2.24) is 25.2 Å². The number of benzene rings is 2. The van der Waals surface area contributed by atoms with Crippen molar-refractivity contribution in [3.8, 4) is 5.75 Å². The topological polar surface area (TPSA) is 148 Å². The number of ether oxygens (including phenoxy) is 2. The number of para-hydroxylation sites is 1. The van der Waals surface area contributed by atoms with Gasteiger partial charge in [-0.25, -0.2) is 4.68 Å². The number of hydrogen-bond acceptors (Lipinski definition) is 8. The number of aromatic nitrogens is 3.